The second kappa shape index (κ2) is 11.2. The summed E-state index contributed by atoms with van der Waals surface area (Å²) in [4.78, 5) is 6.55. The molecule has 3 fully saturated rings. The van der Waals surface area contributed by atoms with Gasteiger partial charge in [0.1, 0.15) is 5.01 Å². The fourth-order valence-corrected chi connectivity index (χ4v) is 8.83. The van der Waals surface area contributed by atoms with E-state index in [1.54, 1.807) is 23.5 Å². The van der Waals surface area contributed by atoms with Crippen LogP contribution < -0.4 is 0 Å². The quantitative estimate of drug-likeness (QED) is 0.397. The molecule has 37 heavy (non-hydrogen) atoms. The van der Waals surface area contributed by atoms with E-state index in [1.807, 2.05) is 23.9 Å². The fraction of sp³-hybridized carbons (Fsp3) is 0.556. The standard InChI is InChI=1S/C27H34N4O3S3/c32-37(33,22-5-6-22)21-3-1-20(2-4-21)23(17-19-9-13-34-14-10-19)24-7-8-25(28-24)27-30-29-26(36-27)18-31-11-15-35-16-12-31/h1-4,7-8,19,22-23,28H,5-6,9-18H2. The molecule has 0 bridgehead atoms. The number of sulfone groups is 1. The number of benzene rings is 1. The van der Waals surface area contributed by atoms with Crippen molar-refractivity contribution < 1.29 is 13.2 Å². The van der Waals surface area contributed by atoms with Crippen LogP contribution in [0.1, 0.15) is 54.3 Å². The minimum atomic E-state index is -3.18. The second-order valence-corrected chi connectivity index (χ2v) is 14.9. The highest BCUT2D eigenvalue weighted by Crippen LogP contribution is 2.38. The molecule has 1 N–H and O–H groups in total. The summed E-state index contributed by atoms with van der Waals surface area (Å²) in [5.41, 5.74) is 3.29. The smallest absolute Gasteiger partial charge is 0.181 e. The van der Waals surface area contributed by atoms with Crippen molar-refractivity contribution in [1.82, 2.24) is 20.1 Å². The summed E-state index contributed by atoms with van der Waals surface area (Å²) in [5.74, 6) is 3.12. The second-order valence-electron chi connectivity index (χ2n) is 10.4. The Kier molecular flexibility index (Phi) is 7.72. The third-order valence-electron chi connectivity index (χ3n) is 7.73. The fourth-order valence-electron chi connectivity index (χ4n) is 5.34. The van der Waals surface area contributed by atoms with Gasteiger partial charge in [-0.3, -0.25) is 4.90 Å². The van der Waals surface area contributed by atoms with Gasteiger partial charge in [0, 0.05) is 49.4 Å². The van der Waals surface area contributed by atoms with E-state index in [0.717, 1.165) is 91.9 Å². The number of hydrogen-bond donors (Lipinski definition) is 1. The number of rotatable bonds is 9. The molecule has 7 nitrogen and oxygen atoms in total. The average Bonchev–Trinajstić information content (AvgIpc) is 3.52. The molecule has 1 saturated carbocycles. The summed E-state index contributed by atoms with van der Waals surface area (Å²) in [6, 6.07) is 11.9. The van der Waals surface area contributed by atoms with Crippen LogP contribution in [0.3, 0.4) is 0 Å². The Hall–Kier alpha value is -1.72. The average molecular weight is 559 g/mol. The molecule has 0 radical (unpaired) electrons. The number of ether oxygens (including phenoxy) is 1. The number of nitrogens with zero attached hydrogens (tertiary/aromatic N) is 3. The number of thioether (sulfide) groups is 1. The predicted molar refractivity (Wildman–Crippen MR) is 149 cm³/mol. The van der Waals surface area contributed by atoms with Crippen molar-refractivity contribution >= 4 is 32.9 Å². The van der Waals surface area contributed by atoms with Gasteiger partial charge < -0.3 is 9.72 Å². The van der Waals surface area contributed by atoms with Crippen LogP contribution in [0.5, 0.6) is 0 Å². The van der Waals surface area contributed by atoms with E-state index in [1.165, 1.54) is 11.5 Å². The Morgan fingerprint density at radius 1 is 1.00 bits per heavy atom. The van der Waals surface area contributed by atoms with Gasteiger partial charge in [0.25, 0.3) is 0 Å². The largest absolute Gasteiger partial charge is 0.381 e. The highest BCUT2D eigenvalue weighted by Gasteiger charge is 2.37. The van der Waals surface area contributed by atoms with Crippen LogP contribution in [0.15, 0.2) is 41.3 Å². The molecule has 2 aliphatic heterocycles. The van der Waals surface area contributed by atoms with Crippen molar-refractivity contribution in [3.63, 3.8) is 0 Å². The molecule has 198 valence electrons. The van der Waals surface area contributed by atoms with Crippen LogP contribution in [-0.2, 0) is 21.1 Å². The Morgan fingerprint density at radius 2 is 1.76 bits per heavy atom. The number of aromatic nitrogens is 3. The first-order valence-electron chi connectivity index (χ1n) is 13.3. The van der Waals surface area contributed by atoms with E-state index in [9.17, 15) is 8.42 Å². The van der Waals surface area contributed by atoms with Crippen molar-refractivity contribution in [2.45, 2.75) is 54.7 Å². The first-order valence-corrected chi connectivity index (χ1v) is 16.8. The molecule has 6 rings (SSSR count). The van der Waals surface area contributed by atoms with Crippen molar-refractivity contribution in [1.29, 1.82) is 0 Å². The summed E-state index contributed by atoms with van der Waals surface area (Å²) in [7, 11) is -3.18. The van der Waals surface area contributed by atoms with Gasteiger partial charge in [-0.05, 0) is 67.9 Å². The van der Waals surface area contributed by atoms with E-state index in [0.29, 0.717) is 10.8 Å². The maximum Gasteiger partial charge on any atom is 0.181 e. The van der Waals surface area contributed by atoms with Crippen LogP contribution in [0.25, 0.3) is 10.7 Å². The van der Waals surface area contributed by atoms with Crippen molar-refractivity contribution in [3.05, 3.63) is 52.7 Å². The molecule has 1 atom stereocenters. The van der Waals surface area contributed by atoms with Crippen molar-refractivity contribution in [2.24, 2.45) is 5.92 Å². The predicted octanol–water partition coefficient (Wildman–Crippen LogP) is 4.97. The van der Waals surface area contributed by atoms with E-state index < -0.39 is 9.84 Å². The number of hydrogen-bond acceptors (Lipinski definition) is 8. The van der Waals surface area contributed by atoms with Crippen LogP contribution in [0.4, 0.5) is 0 Å². The van der Waals surface area contributed by atoms with Crippen LogP contribution in [0, 0.1) is 5.92 Å². The zero-order valence-electron chi connectivity index (χ0n) is 21.0. The molecule has 3 aromatic rings. The van der Waals surface area contributed by atoms with Crippen molar-refractivity contribution in [3.8, 4) is 10.7 Å². The van der Waals surface area contributed by atoms with Gasteiger partial charge in [-0.2, -0.15) is 11.8 Å². The molecule has 1 aliphatic carbocycles. The van der Waals surface area contributed by atoms with Gasteiger partial charge >= 0.3 is 0 Å². The zero-order valence-corrected chi connectivity index (χ0v) is 23.4. The summed E-state index contributed by atoms with van der Waals surface area (Å²) in [6.45, 7) is 4.72. The molecule has 10 heteroatoms. The summed E-state index contributed by atoms with van der Waals surface area (Å²) >= 11 is 3.68. The highest BCUT2D eigenvalue weighted by molar-refractivity contribution is 7.99. The van der Waals surface area contributed by atoms with E-state index in [2.05, 4.69) is 32.2 Å². The summed E-state index contributed by atoms with van der Waals surface area (Å²) in [5, 5.41) is 10.8. The topological polar surface area (TPSA) is 88.2 Å². The first-order chi connectivity index (χ1) is 18.1. The third-order valence-corrected chi connectivity index (χ3v) is 11.9. The van der Waals surface area contributed by atoms with Gasteiger partial charge in [-0.25, -0.2) is 8.42 Å². The molecule has 0 amide bonds. The van der Waals surface area contributed by atoms with Crippen LogP contribution >= 0.6 is 23.1 Å². The Bertz CT molecular complexity index is 1290. The molecular weight excluding hydrogens is 525 g/mol. The maximum absolute atomic E-state index is 12.7. The zero-order chi connectivity index (χ0) is 25.2. The number of H-pyrrole nitrogens is 1. The molecule has 2 saturated heterocycles. The molecule has 1 unspecified atom stereocenters. The molecule has 1 aromatic carbocycles. The monoisotopic (exact) mass is 558 g/mol. The maximum atomic E-state index is 12.7. The third kappa shape index (κ3) is 5.98. The molecule has 2 aromatic heterocycles. The number of aromatic amines is 1. The molecule has 0 spiro atoms. The summed E-state index contributed by atoms with van der Waals surface area (Å²) < 4.78 is 31.0. The van der Waals surface area contributed by atoms with Crippen molar-refractivity contribution in [2.75, 3.05) is 37.8 Å². The van der Waals surface area contributed by atoms with Crippen LogP contribution in [-0.4, -0.2) is 71.6 Å². The minimum Gasteiger partial charge on any atom is -0.381 e. The van der Waals surface area contributed by atoms with E-state index in [4.69, 9.17) is 4.74 Å². The Labute approximate surface area is 227 Å². The lowest BCUT2D eigenvalue weighted by Gasteiger charge is -2.27. The minimum absolute atomic E-state index is 0.160. The Balaban J connectivity index is 1.23. The first kappa shape index (κ1) is 25.6. The normalized spacial score (nSPS) is 20.8. The highest BCUT2D eigenvalue weighted by atomic mass is 32.2. The Morgan fingerprint density at radius 3 is 2.49 bits per heavy atom. The molecular formula is C27H34N4O3S3. The SMILES string of the molecule is O=S(=O)(c1ccc(C(CC2CCOCC2)c2ccc(-c3nnc(CN4CCSCC4)s3)[nH]2)cc1)C1CC1. The summed E-state index contributed by atoms with van der Waals surface area (Å²) in [6.07, 6.45) is 4.70. The molecule has 3 aliphatic rings. The molecule has 4 heterocycles. The van der Waals surface area contributed by atoms with Gasteiger partial charge in [-0.15, -0.1) is 10.2 Å². The van der Waals surface area contributed by atoms with Gasteiger partial charge in [0.2, 0.25) is 0 Å². The van der Waals surface area contributed by atoms with E-state index >= 15 is 0 Å². The number of nitrogens with one attached hydrogen (secondary N) is 1. The lowest BCUT2D eigenvalue weighted by molar-refractivity contribution is 0.0626. The van der Waals surface area contributed by atoms with E-state index in [-0.39, 0.29) is 11.2 Å². The lowest BCUT2D eigenvalue weighted by atomic mass is 9.83. The van der Waals surface area contributed by atoms with Gasteiger partial charge in [0.05, 0.1) is 22.4 Å². The van der Waals surface area contributed by atoms with Gasteiger partial charge in [-0.1, -0.05) is 23.5 Å². The lowest BCUT2D eigenvalue weighted by Crippen LogP contribution is -2.31. The van der Waals surface area contributed by atoms with Crippen LogP contribution in [0.2, 0.25) is 0 Å². The van der Waals surface area contributed by atoms with Gasteiger partial charge in [0.15, 0.2) is 14.8 Å².